The molecule has 1 atom stereocenters. The van der Waals surface area contributed by atoms with Crippen LogP contribution in [0.4, 0.5) is 5.69 Å². The monoisotopic (exact) mass is 512 g/mol. The molecule has 0 spiro atoms. The predicted molar refractivity (Wildman–Crippen MR) is 135 cm³/mol. The third kappa shape index (κ3) is 5.03. The molecule has 0 saturated heterocycles. The molecule has 0 aromatic heterocycles. The zero-order valence-electron chi connectivity index (χ0n) is 20.5. The van der Waals surface area contributed by atoms with Gasteiger partial charge in [0.2, 0.25) is 0 Å². The lowest BCUT2D eigenvalue weighted by Gasteiger charge is -2.35. The van der Waals surface area contributed by atoms with E-state index in [2.05, 4.69) is 5.32 Å². The quantitative estimate of drug-likeness (QED) is 0.494. The average molecular weight is 513 g/mol. The average Bonchev–Trinajstić information content (AvgIpc) is 2.90. The number of fused-ring (bicyclic) bond motifs is 1. The highest BCUT2D eigenvalue weighted by atomic mass is 32.2. The van der Waals surface area contributed by atoms with Crippen molar-refractivity contribution in [3.8, 4) is 23.0 Å². The summed E-state index contributed by atoms with van der Waals surface area (Å²) in [5.74, 6) is 1.54. The molecule has 0 fully saturated rings. The van der Waals surface area contributed by atoms with Gasteiger partial charge in [-0.25, -0.2) is 8.42 Å². The fraction of sp³-hybridized carbons (Fsp3) is 0.269. The van der Waals surface area contributed by atoms with Crippen LogP contribution >= 0.6 is 0 Å². The number of carbonyl (C=O) groups is 1. The summed E-state index contributed by atoms with van der Waals surface area (Å²) in [6, 6.07) is 16.6. The molecule has 0 radical (unpaired) electrons. The molecule has 0 saturated carbocycles. The maximum atomic E-state index is 13.6. The number of amides is 1. The van der Waals surface area contributed by atoms with E-state index in [1.54, 1.807) is 49.6 Å². The van der Waals surface area contributed by atoms with Crippen molar-refractivity contribution in [2.45, 2.75) is 24.5 Å². The van der Waals surface area contributed by atoms with E-state index in [0.29, 0.717) is 28.7 Å². The van der Waals surface area contributed by atoms with Crippen LogP contribution in [0.2, 0.25) is 0 Å². The number of carbonyl (C=O) groups excluding carboxylic acids is 1. The van der Waals surface area contributed by atoms with E-state index < -0.39 is 22.0 Å². The number of hydrogen-bond acceptors (Lipinski definition) is 7. The Kier molecular flexibility index (Phi) is 7.25. The second-order valence-electron chi connectivity index (χ2n) is 8.20. The van der Waals surface area contributed by atoms with Gasteiger partial charge in [-0.1, -0.05) is 12.1 Å². The third-order valence-electron chi connectivity index (χ3n) is 5.84. The molecular formula is C26H28N2O7S. The number of anilines is 1. The van der Waals surface area contributed by atoms with Crippen molar-refractivity contribution in [2.24, 2.45) is 0 Å². The van der Waals surface area contributed by atoms with Crippen LogP contribution in [-0.2, 0) is 21.4 Å². The fourth-order valence-corrected chi connectivity index (χ4v) is 5.36. The maximum Gasteiger partial charge on any atom is 0.264 e. The molecule has 0 aliphatic carbocycles. The molecule has 1 N–H and O–H groups in total. The van der Waals surface area contributed by atoms with Gasteiger partial charge in [0.25, 0.3) is 15.9 Å². The third-order valence-corrected chi connectivity index (χ3v) is 7.63. The van der Waals surface area contributed by atoms with Crippen LogP contribution in [0.15, 0.2) is 65.6 Å². The van der Waals surface area contributed by atoms with E-state index >= 15 is 0 Å². The minimum atomic E-state index is -3.98. The van der Waals surface area contributed by atoms with E-state index in [9.17, 15) is 13.2 Å². The van der Waals surface area contributed by atoms with Gasteiger partial charge in [0, 0.05) is 6.54 Å². The van der Waals surface area contributed by atoms with Crippen LogP contribution in [0.25, 0.3) is 0 Å². The van der Waals surface area contributed by atoms with Crippen LogP contribution in [-0.4, -0.2) is 48.3 Å². The second-order valence-corrected chi connectivity index (χ2v) is 10.1. The summed E-state index contributed by atoms with van der Waals surface area (Å²) in [6.07, 6.45) is -1.05. The van der Waals surface area contributed by atoms with Gasteiger partial charge in [0.05, 0.1) is 38.5 Å². The number of benzene rings is 3. The molecule has 1 aliphatic rings. The molecule has 0 unspecified atom stereocenters. The first-order chi connectivity index (χ1) is 17.3. The standard InChI is InChI=1S/C26H28N2O7S/c1-17-5-11-22-21(13-17)28(36(30,31)20-9-7-19(32-2)8-10-20)16-25(35-22)26(29)27-15-18-6-12-23(33-3)24(14-18)34-4/h5-14,25H,15-16H2,1-4H3,(H,27,29)/t25-/m1/s1. The van der Waals surface area contributed by atoms with Gasteiger partial charge in [-0.05, 0) is 66.6 Å². The normalized spacial score (nSPS) is 14.9. The Balaban J connectivity index is 1.58. The van der Waals surface area contributed by atoms with Crippen molar-refractivity contribution < 1.29 is 32.2 Å². The molecule has 3 aromatic carbocycles. The van der Waals surface area contributed by atoms with Gasteiger partial charge in [-0.3, -0.25) is 9.10 Å². The van der Waals surface area contributed by atoms with Crippen molar-refractivity contribution in [1.29, 1.82) is 0 Å². The Bertz CT molecular complexity index is 1360. The lowest BCUT2D eigenvalue weighted by Crippen LogP contribution is -2.50. The highest BCUT2D eigenvalue weighted by molar-refractivity contribution is 7.92. The Morgan fingerprint density at radius 1 is 0.972 bits per heavy atom. The number of nitrogens with one attached hydrogen (secondary N) is 1. The van der Waals surface area contributed by atoms with Crippen molar-refractivity contribution >= 4 is 21.6 Å². The second kappa shape index (κ2) is 10.4. The number of rotatable bonds is 8. The fourth-order valence-electron chi connectivity index (χ4n) is 3.89. The highest BCUT2D eigenvalue weighted by Crippen LogP contribution is 2.38. The highest BCUT2D eigenvalue weighted by Gasteiger charge is 2.37. The van der Waals surface area contributed by atoms with E-state index in [-0.39, 0.29) is 18.0 Å². The molecular weight excluding hydrogens is 484 g/mol. The van der Waals surface area contributed by atoms with Gasteiger partial charge in [-0.2, -0.15) is 0 Å². The molecule has 10 heteroatoms. The molecule has 3 aromatic rings. The van der Waals surface area contributed by atoms with Crippen LogP contribution < -0.4 is 28.6 Å². The predicted octanol–water partition coefficient (Wildman–Crippen LogP) is 3.29. The Morgan fingerprint density at radius 3 is 2.36 bits per heavy atom. The molecule has 1 aliphatic heterocycles. The summed E-state index contributed by atoms with van der Waals surface area (Å²) in [5.41, 5.74) is 2.04. The number of hydrogen-bond donors (Lipinski definition) is 1. The van der Waals surface area contributed by atoms with Crippen molar-refractivity contribution in [3.63, 3.8) is 0 Å². The summed E-state index contributed by atoms with van der Waals surface area (Å²) in [7, 11) is 0.611. The number of methoxy groups -OCH3 is 3. The van der Waals surface area contributed by atoms with Crippen molar-refractivity contribution in [1.82, 2.24) is 5.32 Å². The molecule has 190 valence electrons. The van der Waals surface area contributed by atoms with Crippen LogP contribution in [0.3, 0.4) is 0 Å². The molecule has 1 heterocycles. The lowest BCUT2D eigenvalue weighted by atomic mass is 10.1. The molecule has 0 bridgehead atoms. The van der Waals surface area contributed by atoms with Gasteiger partial charge in [0.1, 0.15) is 11.5 Å². The van der Waals surface area contributed by atoms with Gasteiger partial charge >= 0.3 is 0 Å². The first kappa shape index (κ1) is 25.2. The Morgan fingerprint density at radius 2 is 1.69 bits per heavy atom. The summed E-state index contributed by atoms with van der Waals surface area (Å²) in [5, 5.41) is 2.83. The van der Waals surface area contributed by atoms with Crippen LogP contribution in [0, 0.1) is 6.92 Å². The van der Waals surface area contributed by atoms with Gasteiger partial charge in [-0.15, -0.1) is 0 Å². The Labute approximate surface area is 210 Å². The van der Waals surface area contributed by atoms with Gasteiger partial charge < -0.3 is 24.3 Å². The zero-order valence-corrected chi connectivity index (χ0v) is 21.3. The summed E-state index contributed by atoms with van der Waals surface area (Å²) >= 11 is 0. The number of aryl methyl sites for hydroxylation is 1. The van der Waals surface area contributed by atoms with Crippen LogP contribution in [0.5, 0.6) is 23.0 Å². The minimum Gasteiger partial charge on any atom is -0.497 e. The SMILES string of the molecule is COc1ccc(S(=O)(=O)N2C[C@H](C(=O)NCc3ccc(OC)c(OC)c3)Oc3ccc(C)cc32)cc1. The van der Waals surface area contributed by atoms with E-state index in [4.69, 9.17) is 18.9 Å². The topological polar surface area (TPSA) is 103 Å². The lowest BCUT2D eigenvalue weighted by molar-refractivity contribution is -0.127. The molecule has 9 nitrogen and oxygen atoms in total. The number of ether oxygens (including phenoxy) is 4. The summed E-state index contributed by atoms with van der Waals surface area (Å²) < 4.78 is 50.1. The first-order valence-electron chi connectivity index (χ1n) is 11.2. The Hall–Kier alpha value is -3.92. The minimum absolute atomic E-state index is 0.0853. The first-order valence-corrected chi connectivity index (χ1v) is 12.6. The van der Waals surface area contributed by atoms with Crippen molar-refractivity contribution in [3.05, 3.63) is 71.8 Å². The van der Waals surface area contributed by atoms with Crippen molar-refractivity contribution in [2.75, 3.05) is 32.2 Å². The van der Waals surface area contributed by atoms with E-state index in [1.807, 2.05) is 13.0 Å². The number of nitrogens with zero attached hydrogens (tertiary/aromatic N) is 1. The zero-order chi connectivity index (χ0) is 25.9. The molecule has 4 rings (SSSR count). The largest absolute Gasteiger partial charge is 0.497 e. The van der Waals surface area contributed by atoms with E-state index in [0.717, 1.165) is 11.1 Å². The molecule has 1 amide bonds. The summed E-state index contributed by atoms with van der Waals surface area (Å²) in [6.45, 7) is 1.88. The van der Waals surface area contributed by atoms with Gasteiger partial charge in [0.15, 0.2) is 17.6 Å². The maximum absolute atomic E-state index is 13.6. The smallest absolute Gasteiger partial charge is 0.264 e. The molecule has 36 heavy (non-hydrogen) atoms. The van der Waals surface area contributed by atoms with E-state index in [1.165, 1.54) is 30.7 Å². The summed E-state index contributed by atoms with van der Waals surface area (Å²) in [4.78, 5) is 13.2. The van der Waals surface area contributed by atoms with Crippen LogP contribution in [0.1, 0.15) is 11.1 Å². The number of sulfonamides is 1.